The predicted molar refractivity (Wildman–Crippen MR) is 102 cm³/mol. The van der Waals surface area contributed by atoms with E-state index in [4.69, 9.17) is 16.3 Å². The molecule has 2 heterocycles. The fraction of sp³-hybridized carbons (Fsp3) is 0.250. The fourth-order valence-corrected chi connectivity index (χ4v) is 3.92. The maximum atomic E-state index is 12.9. The number of amides is 4. The average molecular weight is 400 g/mol. The molecule has 8 heteroatoms. The number of benzene rings is 2. The molecule has 1 fully saturated rings. The predicted octanol–water partition coefficient (Wildman–Crippen LogP) is 2.35. The first-order valence-electron chi connectivity index (χ1n) is 8.70. The Labute approximate surface area is 166 Å². The minimum atomic E-state index is -1.35. The summed E-state index contributed by atoms with van der Waals surface area (Å²) in [6, 6.07) is 10.0. The third-order valence-corrected chi connectivity index (χ3v) is 5.47. The van der Waals surface area contributed by atoms with E-state index in [0.717, 1.165) is 11.1 Å². The molecular formula is C20H18ClN3O4. The summed E-state index contributed by atoms with van der Waals surface area (Å²) >= 11 is 6.15. The van der Waals surface area contributed by atoms with Crippen molar-refractivity contribution in [2.45, 2.75) is 19.0 Å². The Morgan fingerprint density at radius 2 is 1.89 bits per heavy atom. The zero-order valence-corrected chi connectivity index (χ0v) is 16.1. The van der Waals surface area contributed by atoms with Crippen molar-refractivity contribution in [1.82, 2.24) is 15.5 Å². The van der Waals surface area contributed by atoms with E-state index < -0.39 is 17.5 Å². The van der Waals surface area contributed by atoms with Gasteiger partial charge >= 0.3 is 6.03 Å². The number of aryl methyl sites for hydroxylation is 1. The van der Waals surface area contributed by atoms with Gasteiger partial charge < -0.3 is 15.0 Å². The molecule has 28 heavy (non-hydrogen) atoms. The van der Waals surface area contributed by atoms with Crippen LogP contribution < -0.4 is 15.4 Å². The van der Waals surface area contributed by atoms with Crippen molar-refractivity contribution in [3.05, 3.63) is 63.7 Å². The standard InChI is InChI=1S/C20H18ClN3O4/c1-11-3-5-13(6-4-11)20(18(26)22-19(27)23-20)10-24-9-12-7-16(28-2)15(21)8-14(12)17(24)25/h3-8H,9-10H2,1-2H3,(H2,22,23,26,27). The van der Waals surface area contributed by atoms with E-state index in [1.165, 1.54) is 12.0 Å². The zero-order valence-electron chi connectivity index (χ0n) is 15.3. The summed E-state index contributed by atoms with van der Waals surface area (Å²) in [6.45, 7) is 2.22. The van der Waals surface area contributed by atoms with Crippen LogP contribution in [0.25, 0.3) is 0 Å². The van der Waals surface area contributed by atoms with E-state index in [9.17, 15) is 14.4 Å². The molecule has 1 unspecified atom stereocenters. The first kappa shape index (κ1) is 18.3. The van der Waals surface area contributed by atoms with Crippen molar-refractivity contribution in [3.63, 3.8) is 0 Å². The lowest BCUT2D eigenvalue weighted by molar-refractivity contribution is -0.124. The molecule has 7 nitrogen and oxygen atoms in total. The van der Waals surface area contributed by atoms with Crippen LogP contribution in [0.15, 0.2) is 36.4 Å². The normalized spacial score (nSPS) is 20.8. The highest BCUT2D eigenvalue weighted by atomic mass is 35.5. The van der Waals surface area contributed by atoms with Crippen LogP contribution in [-0.4, -0.2) is 36.4 Å². The second kappa shape index (κ2) is 6.53. The molecule has 0 aliphatic carbocycles. The lowest BCUT2D eigenvalue weighted by Crippen LogP contribution is -2.52. The summed E-state index contributed by atoms with van der Waals surface area (Å²) in [5.41, 5.74) is 1.51. The Kier molecular flexibility index (Phi) is 4.27. The van der Waals surface area contributed by atoms with Gasteiger partial charge in [0, 0.05) is 12.1 Å². The molecule has 2 aromatic rings. The molecule has 144 valence electrons. The van der Waals surface area contributed by atoms with Gasteiger partial charge in [-0.3, -0.25) is 14.9 Å². The molecule has 0 spiro atoms. The van der Waals surface area contributed by atoms with Gasteiger partial charge in [0.05, 0.1) is 18.7 Å². The van der Waals surface area contributed by atoms with Crippen LogP contribution in [0, 0.1) is 6.92 Å². The molecule has 1 saturated heterocycles. The van der Waals surface area contributed by atoms with Gasteiger partial charge in [0.1, 0.15) is 5.75 Å². The summed E-state index contributed by atoms with van der Waals surface area (Å²) in [7, 11) is 1.51. The minimum absolute atomic E-state index is 0.00107. The lowest BCUT2D eigenvalue weighted by Gasteiger charge is -2.31. The quantitative estimate of drug-likeness (QED) is 0.772. The molecule has 0 radical (unpaired) electrons. The summed E-state index contributed by atoms with van der Waals surface area (Å²) in [5, 5.41) is 5.35. The number of carbonyl (C=O) groups is 3. The highest BCUT2D eigenvalue weighted by Gasteiger charge is 2.50. The van der Waals surface area contributed by atoms with Crippen LogP contribution in [0.1, 0.15) is 27.0 Å². The van der Waals surface area contributed by atoms with E-state index in [1.807, 2.05) is 19.1 Å². The number of rotatable bonds is 4. The van der Waals surface area contributed by atoms with Crippen molar-refractivity contribution >= 4 is 29.4 Å². The van der Waals surface area contributed by atoms with Gasteiger partial charge in [-0.1, -0.05) is 41.4 Å². The Morgan fingerprint density at radius 3 is 2.50 bits per heavy atom. The van der Waals surface area contributed by atoms with E-state index in [2.05, 4.69) is 10.6 Å². The number of carbonyl (C=O) groups excluding carboxylic acids is 3. The van der Waals surface area contributed by atoms with Crippen LogP contribution in [-0.2, 0) is 16.9 Å². The topological polar surface area (TPSA) is 87.7 Å². The van der Waals surface area contributed by atoms with Gasteiger partial charge in [-0.25, -0.2) is 4.79 Å². The number of imide groups is 1. The molecule has 0 saturated carbocycles. The van der Waals surface area contributed by atoms with Crippen molar-refractivity contribution in [2.24, 2.45) is 0 Å². The van der Waals surface area contributed by atoms with Crippen LogP contribution >= 0.6 is 11.6 Å². The first-order valence-corrected chi connectivity index (χ1v) is 9.08. The highest BCUT2D eigenvalue weighted by Crippen LogP contribution is 2.35. The molecule has 0 bridgehead atoms. The SMILES string of the molecule is COc1cc2c(cc1Cl)C(=O)N(CC1(c3ccc(C)cc3)NC(=O)NC1=O)C2. The van der Waals surface area contributed by atoms with Crippen molar-refractivity contribution in [2.75, 3.05) is 13.7 Å². The average Bonchev–Trinajstić information content (AvgIpc) is 3.11. The van der Waals surface area contributed by atoms with Crippen LogP contribution in [0.2, 0.25) is 5.02 Å². The van der Waals surface area contributed by atoms with Gasteiger partial charge in [0.15, 0.2) is 5.54 Å². The molecule has 2 aliphatic rings. The number of nitrogens with zero attached hydrogens (tertiary/aromatic N) is 1. The third-order valence-electron chi connectivity index (χ3n) is 5.17. The van der Waals surface area contributed by atoms with Gasteiger partial charge in [0.25, 0.3) is 11.8 Å². The Balaban J connectivity index is 1.71. The molecule has 0 aromatic heterocycles. The number of urea groups is 1. The molecule has 2 aliphatic heterocycles. The number of halogens is 1. The third kappa shape index (κ3) is 2.79. The number of methoxy groups -OCH3 is 1. The summed E-state index contributed by atoms with van der Waals surface area (Å²) < 4.78 is 5.22. The number of ether oxygens (including phenoxy) is 1. The minimum Gasteiger partial charge on any atom is -0.495 e. The van der Waals surface area contributed by atoms with E-state index >= 15 is 0 Å². The molecule has 1 atom stereocenters. The number of hydrogen-bond donors (Lipinski definition) is 2. The van der Waals surface area contributed by atoms with Crippen LogP contribution in [0.4, 0.5) is 4.79 Å². The number of nitrogens with one attached hydrogen (secondary N) is 2. The summed E-state index contributed by atoms with van der Waals surface area (Å²) in [6.07, 6.45) is 0. The van der Waals surface area contributed by atoms with Gasteiger partial charge in [0.2, 0.25) is 0 Å². The molecule has 2 aromatic carbocycles. The molecular weight excluding hydrogens is 382 g/mol. The lowest BCUT2D eigenvalue weighted by atomic mass is 9.88. The second-order valence-electron chi connectivity index (χ2n) is 6.98. The van der Waals surface area contributed by atoms with Crippen molar-refractivity contribution in [1.29, 1.82) is 0 Å². The zero-order chi connectivity index (χ0) is 20.1. The van der Waals surface area contributed by atoms with E-state index in [1.54, 1.807) is 24.3 Å². The van der Waals surface area contributed by atoms with Crippen molar-refractivity contribution < 1.29 is 19.1 Å². The fourth-order valence-electron chi connectivity index (χ4n) is 3.68. The molecule has 4 amide bonds. The maximum Gasteiger partial charge on any atom is 0.322 e. The Bertz CT molecular complexity index is 1010. The maximum absolute atomic E-state index is 12.9. The van der Waals surface area contributed by atoms with Crippen molar-refractivity contribution in [3.8, 4) is 5.75 Å². The summed E-state index contributed by atoms with van der Waals surface area (Å²) in [4.78, 5) is 39.1. The monoisotopic (exact) mass is 399 g/mol. The first-order chi connectivity index (χ1) is 13.3. The van der Waals surface area contributed by atoms with Crippen LogP contribution in [0.5, 0.6) is 5.75 Å². The van der Waals surface area contributed by atoms with E-state index in [0.29, 0.717) is 28.4 Å². The number of fused-ring (bicyclic) bond motifs is 1. The number of hydrogen-bond acceptors (Lipinski definition) is 4. The summed E-state index contributed by atoms with van der Waals surface area (Å²) in [5.74, 6) is -0.254. The molecule has 4 rings (SSSR count). The largest absolute Gasteiger partial charge is 0.495 e. The smallest absolute Gasteiger partial charge is 0.322 e. The molecule has 2 N–H and O–H groups in total. The van der Waals surface area contributed by atoms with Gasteiger partial charge in [-0.15, -0.1) is 0 Å². The van der Waals surface area contributed by atoms with Gasteiger partial charge in [-0.05, 0) is 30.2 Å². The van der Waals surface area contributed by atoms with Gasteiger partial charge in [-0.2, -0.15) is 0 Å². The van der Waals surface area contributed by atoms with E-state index in [-0.39, 0.29) is 12.5 Å². The highest BCUT2D eigenvalue weighted by molar-refractivity contribution is 6.32. The Morgan fingerprint density at radius 1 is 1.18 bits per heavy atom. The second-order valence-corrected chi connectivity index (χ2v) is 7.39. The van der Waals surface area contributed by atoms with Crippen LogP contribution in [0.3, 0.4) is 0 Å². The Hall–Kier alpha value is -3.06.